The maximum Gasteiger partial charge on any atom is 0.306 e. The Morgan fingerprint density at radius 1 is 0.918 bits per heavy atom. The van der Waals surface area contributed by atoms with E-state index in [0.717, 1.165) is 5.56 Å². The Kier molecular flexibility index (Phi) is 9.11. The van der Waals surface area contributed by atoms with Crippen molar-refractivity contribution in [2.45, 2.75) is 42.7 Å². The van der Waals surface area contributed by atoms with Crippen molar-refractivity contribution in [3.63, 3.8) is 0 Å². The van der Waals surface area contributed by atoms with E-state index in [1.807, 2.05) is 36.4 Å². The van der Waals surface area contributed by atoms with Gasteiger partial charge in [0.1, 0.15) is 18.2 Å². The molecule has 0 bridgehead atoms. The van der Waals surface area contributed by atoms with E-state index in [4.69, 9.17) is 21.1 Å². The first-order chi connectivity index (χ1) is 23.8. The third-order valence-corrected chi connectivity index (χ3v) is 10.2. The summed E-state index contributed by atoms with van der Waals surface area (Å²) < 4.78 is 12.4. The fourth-order valence-corrected chi connectivity index (χ4v) is 7.87. The lowest BCUT2D eigenvalue weighted by Crippen LogP contribution is -2.56. The minimum absolute atomic E-state index is 0.0964. The van der Waals surface area contributed by atoms with Crippen molar-refractivity contribution in [2.24, 2.45) is 11.8 Å². The predicted molar refractivity (Wildman–Crippen MR) is 181 cm³/mol. The number of ether oxygens (including phenoxy) is 2. The number of esters is 1. The zero-order valence-corrected chi connectivity index (χ0v) is 27.3. The number of amides is 3. The average molecular weight is 682 g/mol. The van der Waals surface area contributed by atoms with E-state index in [1.165, 1.54) is 9.80 Å². The summed E-state index contributed by atoms with van der Waals surface area (Å²) in [6.07, 6.45) is 6.51. The van der Waals surface area contributed by atoms with Crippen LogP contribution in [0.1, 0.15) is 36.1 Å². The molecule has 10 nitrogen and oxygen atoms in total. The minimum atomic E-state index is -1.57. The highest BCUT2D eigenvalue weighted by molar-refractivity contribution is 6.34. The molecule has 2 N–H and O–H groups in total. The molecule has 252 valence electrons. The van der Waals surface area contributed by atoms with Crippen molar-refractivity contribution >= 4 is 41.0 Å². The average Bonchev–Trinajstić information content (AvgIpc) is 3.50. The summed E-state index contributed by atoms with van der Waals surface area (Å²) in [7, 11) is 0. The largest absolute Gasteiger partial charge is 0.463 e. The van der Waals surface area contributed by atoms with E-state index in [9.17, 15) is 24.3 Å². The number of rotatable bonds is 5. The summed E-state index contributed by atoms with van der Waals surface area (Å²) in [5, 5.41) is 14.2. The van der Waals surface area contributed by atoms with Crippen LogP contribution in [-0.4, -0.2) is 71.2 Å². The van der Waals surface area contributed by atoms with E-state index >= 15 is 0 Å². The molecule has 4 heterocycles. The van der Waals surface area contributed by atoms with Crippen LogP contribution in [0.15, 0.2) is 109 Å². The molecule has 2 fully saturated rings. The number of likely N-dealkylation sites (tertiary alicyclic amines) is 1. The number of hydrogen-bond donors (Lipinski definition) is 2. The molecule has 0 saturated carbocycles. The molecule has 7 atom stereocenters. The number of fused-ring (bicyclic) bond motifs is 2. The van der Waals surface area contributed by atoms with E-state index in [2.05, 4.69) is 5.32 Å². The monoisotopic (exact) mass is 681 g/mol. The lowest BCUT2D eigenvalue weighted by atomic mass is 9.77. The minimum Gasteiger partial charge on any atom is -0.463 e. The van der Waals surface area contributed by atoms with Gasteiger partial charge in [0.25, 0.3) is 5.91 Å². The molecular weight excluding hydrogens is 646 g/mol. The van der Waals surface area contributed by atoms with Crippen molar-refractivity contribution in [3.8, 4) is 0 Å². The number of para-hydroxylation sites is 1. The quantitative estimate of drug-likeness (QED) is 0.304. The molecule has 7 rings (SSSR count). The van der Waals surface area contributed by atoms with Crippen LogP contribution in [0.25, 0.3) is 0 Å². The Bertz CT molecular complexity index is 1800. The maximum absolute atomic E-state index is 15.0. The van der Waals surface area contributed by atoms with Gasteiger partial charge in [-0.25, -0.2) is 0 Å². The van der Waals surface area contributed by atoms with Crippen molar-refractivity contribution in [1.82, 2.24) is 10.2 Å². The van der Waals surface area contributed by atoms with Crippen LogP contribution < -0.4 is 10.2 Å². The lowest BCUT2D eigenvalue weighted by molar-refractivity contribution is -0.146. The number of hydrogen-bond acceptors (Lipinski definition) is 7. The predicted octanol–water partition coefficient (Wildman–Crippen LogP) is 4.31. The number of nitrogens with zero attached hydrogens (tertiary/aromatic N) is 2. The van der Waals surface area contributed by atoms with Gasteiger partial charge in [-0.15, -0.1) is 0 Å². The fraction of sp³-hybridized carbons (Fsp3) is 0.316. The molecule has 3 aromatic carbocycles. The molecule has 0 unspecified atom stereocenters. The molecule has 3 aromatic rings. The van der Waals surface area contributed by atoms with Crippen LogP contribution in [0, 0.1) is 11.8 Å². The van der Waals surface area contributed by atoms with Gasteiger partial charge in [-0.2, -0.15) is 0 Å². The second-order valence-electron chi connectivity index (χ2n) is 12.6. The molecule has 2 saturated heterocycles. The third-order valence-electron chi connectivity index (χ3n) is 9.84. The molecular formula is C38H36ClN3O7. The van der Waals surface area contributed by atoms with Gasteiger partial charge in [0, 0.05) is 13.0 Å². The van der Waals surface area contributed by atoms with Crippen LogP contribution in [-0.2, 0) is 28.7 Å². The summed E-state index contributed by atoms with van der Waals surface area (Å²) in [4.78, 5) is 59.9. The van der Waals surface area contributed by atoms with Gasteiger partial charge in [0.05, 0.1) is 47.3 Å². The number of nitrogens with one attached hydrogen (secondary N) is 1. The van der Waals surface area contributed by atoms with Crippen molar-refractivity contribution in [2.75, 3.05) is 24.7 Å². The van der Waals surface area contributed by atoms with Gasteiger partial charge >= 0.3 is 5.97 Å². The summed E-state index contributed by atoms with van der Waals surface area (Å²) in [5.41, 5.74) is 0.245. The number of benzene rings is 3. The molecule has 4 aliphatic rings. The molecule has 1 spiro atoms. The highest BCUT2D eigenvalue weighted by atomic mass is 35.5. The zero-order chi connectivity index (χ0) is 34.1. The smallest absolute Gasteiger partial charge is 0.306 e. The standard InChI is InChI=1S/C38H36ClN3O7/c39-26-16-7-8-17-28(26)41-21-11-20-38-33(36(46)42(34(38)37(41)47)29(22-43)25-14-5-2-6-15-25)32-30(49-38)18-9-10-19-31(44)48-23-27(40-35(32)45)24-12-3-1-4-13-24/h1-9,11-18,20,27,29-30,32-34,43H,10,19,21-23H2,(H,40,45)/b18-9-/t27-,29-,30+,32-,33-,34+,38-/m1/s1. The van der Waals surface area contributed by atoms with E-state index in [1.54, 1.807) is 72.8 Å². The number of aliphatic hydroxyl groups excluding tert-OH is 1. The van der Waals surface area contributed by atoms with Crippen molar-refractivity contribution < 1.29 is 33.8 Å². The van der Waals surface area contributed by atoms with E-state index in [-0.39, 0.29) is 19.6 Å². The number of carbonyl (C=O) groups is 4. The molecule has 3 amide bonds. The second-order valence-corrected chi connectivity index (χ2v) is 13.0. The first-order valence-electron chi connectivity index (χ1n) is 16.4. The molecule has 4 aliphatic heterocycles. The lowest BCUT2D eigenvalue weighted by Gasteiger charge is -2.38. The zero-order valence-electron chi connectivity index (χ0n) is 26.6. The van der Waals surface area contributed by atoms with E-state index < -0.39 is 72.0 Å². The van der Waals surface area contributed by atoms with Crippen LogP contribution in [0.3, 0.4) is 0 Å². The summed E-state index contributed by atoms with van der Waals surface area (Å²) in [5.74, 6) is -4.01. The Labute approximate surface area is 288 Å². The van der Waals surface area contributed by atoms with Crippen LogP contribution in [0.4, 0.5) is 5.69 Å². The normalized spacial score (nSPS) is 29.8. The summed E-state index contributed by atoms with van der Waals surface area (Å²) in [6, 6.07) is 22.3. The molecule has 0 radical (unpaired) electrons. The first kappa shape index (κ1) is 32.8. The Balaban J connectivity index is 1.36. The Morgan fingerprint density at radius 3 is 2.37 bits per heavy atom. The van der Waals surface area contributed by atoms with Crippen LogP contribution in [0.5, 0.6) is 0 Å². The second kappa shape index (κ2) is 13.6. The highest BCUT2D eigenvalue weighted by Gasteiger charge is 2.72. The Morgan fingerprint density at radius 2 is 1.63 bits per heavy atom. The van der Waals surface area contributed by atoms with Gasteiger partial charge in [-0.1, -0.05) is 109 Å². The number of cyclic esters (lactones) is 1. The van der Waals surface area contributed by atoms with E-state index in [0.29, 0.717) is 22.7 Å². The topological polar surface area (TPSA) is 125 Å². The highest BCUT2D eigenvalue weighted by Crippen LogP contribution is 2.55. The number of halogens is 1. The number of allylic oxidation sites excluding steroid dienone is 1. The van der Waals surface area contributed by atoms with Gasteiger partial charge in [0.15, 0.2) is 0 Å². The maximum atomic E-state index is 15.0. The molecule has 11 heteroatoms. The SMILES string of the molecule is O=C1CC/C=C\[C@@H]2O[C@@]34C=CCN(c5ccccc5Cl)C(=O)[C@@H]3N([C@H](CO)c3ccccc3)C(=O)[C@H]4[C@@H]2C(=O)N[C@@H](c2ccccc2)CO1. The number of anilines is 1. The fourth-order valence-electron chi connectivity index (χ4n) is 7.63. The number of aliphatic hydroxyl groups is 1. The van der Waals surface area contributed by atoms with Crippen LogP contribution >= 0.6 is 11.6 Å². The Hall–Kier alpha value is -4.77. The first-order valence-corrected chi connectivity index (χ1v) is 16.8. The summed E-state index contributed by atoms with van der Waals surface area (Å²) in [6.45, 7) is -0.429. The van der Waals surface area contributed by atoms with Crippen molar-refractivity contribution in [3.05, 3.63) is 125 Å². The van der Waals surface area contributed by atoms with Gasteiger partial charge in [-0.05, 0) is 29.7 Å². The van der Waals surface area contributed by atoms with Crippen LogP contribution in [0.2, 0.25) is 5.02 Å². The van der Waals surface area contributed by atoms with Gasteiger partial charge in [0.2, 0.25) is 11.8 Å². The molecule has 0 aromatic heterocycles. The van der Waals surface area contributed by atoms with Gasteiger partial charge < -0.3 is 29.7 Å². The van der Waals surface area contributed by atoms with Crippen molar-refractivity contribution in [1.29, 1.82) is 0 Å². The van der Waals surface area contributed by atoms with Gasteiger partial charge in [-0.3, -0.25) is 19.2 Å². The summed E-state index contributed by atoms with van der Waals surface area (Å²) >= 11 is 6.60. The molecule has 0 aliphatic carbocycles. The third kappa shape index (κ3) is 5.83. The molecule has 49 heavy (non-hydrogen) atoms. The number of carbonyl (C=O) groups excluding carboxylic acids is 4.